The molecule has 1 aliphatic carbocycles. The fourth-order valence-electron chi connectivity index (χ4n) is 2.69. The number of hydrogen-bond donors (Lipinski definition) is 0. The van der Waals surface area contributed by atoms with Gasteiger partial charge in [-0.2, -0.15) is 0 Å². The summed E-state index contributed by atoms with van der Waals surface area (Å²) in [6.07, 6.45) is 5.56. The molecule has 0 bridgehead atoms. The number of rotatable bonds is 3. The Balaban J connectivity index is 2.00. The summed E-state index contributed by atoms with van der Waals surface area (Å²) in [5.74, 6) is 0. The third kappa shape index (κ3) is 3.03. The summed E-state index contributed by atoms with van der Waals surface area (Å²) >= 11 is 0. The number of para-hydroxylation sites is 1. The van der Waals surface area contributed by atoms with E-state index in [0.717, 1.165) is 17.8 Å². The number of nitrogens with zero attached hydrogens (tertiary/aromatic N) is 1. The predicted octanol–water partition coefficient (Wildman–Crippen LogP) is 5.56. The third-order valence-corrected chi connectivity index (χ3v) is 3.76. The van der Waals surface area contributed by atoms with Crippen molar-refractivity contribution in [2.24, 2.45) is 4.99 Å². The van der Waals surface area contributed by atoms with Crippen molar-refractivity contribution < 1.29 is 0 Å². The summed E-state index contributed by atoms with van der Waals surface area (Å²) in [4.78, 5) is 4.75. The molecule has 104 valence electrons. The highest BCUT2D eigenvalue weighted by molar-refractivity contribution is 6.04. The first-order valence-electron chi connectivity index (χ1n) is 7.31. The minimum atomic E-state index is 1.000. The summed E-state index contributed by atoms with van der Waals surface area (Å²) in [6.45, 7) is 4.24. The predicted molar refractivity (Wildman–Crippen MR) is 91.1 cm³/mol. The van der Waals surface area contributed by atoms with Crippen LogP contribution in [0.25, 0.3) is 5.57 Å². The van der Waals surface area contributed by atoms with Crippen molar-refractivity contribution in [3.05, 3.63) is 83.4 Å². The summed E-state index contributed by atoms with van der Waals surface area (Å²) in [5, 5.41) is 0. The molecule has 0 amide bonds. The molecular weight excluding hydrogens is 254 g/mol. The zero-order valence-electron chi connectivity index (χ0n) is 12.5. The first kappa shape index (κ1) is 13.6. The van der Waals surface area contributed by atoms with Crippen LogP contribution in [0.1, 0.15) is 31.4 Å². The molecular formula is C20H19N. The Bertz CT molecular complexity index is 733. The van der Waals surface area contributed by atoms with Gasteiger partial charge < -0.3 is 0 Å². The van der Waals surface area contributed by atoms with E-state index in [9.17, 15) is 0 Å². The molecule has 0 unspecified atom stereocenters. The van der Waals surface area contributed by atoms with Gasteiger partial charge in [0.25, 0.3) is 0 Å². The van der Waals surface area contributed by atoms with E-state index in [1.807, 2.05) is 30.3 Å². The van der Waals surface area contributed by atoms with Crippen LogP contribution in [0.2, 0.25) is 0 Å². The van der Waals surface area contributed by atoms with Crippen molar-refractivity contribution in [1.82, 2.24) is 0 Å². The second-order valence-corrected chi connectivity index (χ2v) is 5.40. The fourth-order valence-corrected chi connectivity index (χ4v) is 2.69. The van der Waals surface area contributed by atoms with E-state index in [1.54, 1.807) is 0 Å². The third-order valence-electron chi connectivity index (χ3n) is 3.76. The van der Waals surface area contributed by atoms with Gasteiger partial charge in [-0.1, -0.05) is 60.2 Å². The van der Waals surface area contributed by atoms with E-state index in [4.69, 9.17) is 4.99 Å². The van der Waals surface area contributed by atoms with Crippen molar-refractivity contribution in [3.8, 4) is 0 Å². The summed E-state index contributed by atoms with van der Waals surface area (Å²) in [7, 11) is 0. The number of benzene rings is 2. The van der Waals surface area contributed by atoms with Gasteiger partial charge in [-0.3, -0.25) is 4.99 Å². The minimum Gasteiger partial charge on any atom is -0.253 e. The lowest BCUT2D eigenvalue weighted by Crippen LogP contribution is -1.99. The van der Waals surface area contributed by atoms with Crippen LogP contribution in [-0.2, 0) is 0 Å². The molecule has 0 heterocycles. The monoisotopic (exact) mass is 273 g/mol. The number of aliphatic imine (C=N–C) groups is 1. The smallest absolute Gasteiger partial charge is 0.0633 e. The Morgan fingerprint density at radius 3 is 2.38 bits per heavy atom. The van der Waals surface area contributed by atoms with Crippen molar-refractivity contribution in [3.63, 3.8) is 0 Å². The molecule has 3 rings (SSSR count). The molecule has 2 aromatic carbocycles. The number of hydrogen-bond acceptors (Lipinski definition) is 1. The molecule has 0 atom stereocenters. The molecule has 0 aromatic heterocycles. The molecule has 0 saturated heterocycles. The average molecular weight is 273 g/mol. The number of allylic oxidation sites excluding steroid dienone is 4. The van der Waals surface area contributed by atoms with Crippen LogP contribution in [0.4, 0.5) is 5.69 Å². The molecule has 0 spiro atoms. The molecule has 21 heavy (non-hydrogen) atoms. The Labute approximate surface area is 126 Å². The van der Waals surface area contributed by atoms with Gasteiger partial charge in [0, 0.05) is 11.3 Å². The molecule has 0 saturated carbocycles. The second-order valence-electron chi connectivity index (χ2n) is 5.40. The first-order valence-corrected chi connectivity index (χ1v) is 7.31. The normalized spacial score (nSPS) is 14.9. The van der Waals surface area contributed by atoms with Gasteiger partial charge in [-0.05, 0) is 43.5 Å². The van der Waals surface area contributed by atoms with Crippen LogP contribution in [0, 0.1) is 0 Å². The van der Waals surface area contributed by atoms with Gasteiger partial charge in [0.05, 0.1) is 5.69 Å². The topological polar surface area (TPSA) is 12.4 Å². The maximum absolute atomic E-state index is 4.75. The van der Waals surface area contributed by atoms with Crippen molar-refractivity contribution in [1.29, 1.82) is 0 Å². The van der Waals surface area contributed by atoms with Gasteiger partial charge in [0.15, 0.2) is 0 Å². The van der Waals surface area contributed by atoms with E-state index >= 15 is 0 Å². The van der Waals surface area contributed by atoms with E-state index in [2.05, 4.69) is 50.3 Å². The largest absolute Gasteiger partial charge is 0.253 e. The Morgan fingerprint density at radius 2 is 1.67 bits per heavy atom. The zero-order chi connectivity index (χ0) is 14.7. The van der Waals surface area contributed by atoms with E-state index in [0.29, 0.717) is 0 Å². The Hall–Kier alpha value is -2.41. The van der Waals surface area contributed by atoms with Gasteiger partial charge in [-0.15, -0.1) is 0 Å². The first-order chi connectivity index (χ1) is 10.2. The second kappa shape index (κ2) is 5.92. The Morgan fingerprint density at radius 1 is 0.952 bits per heavy atom. The van der Waals surface area contributed by atoms with E-state index in [1.165, 1.54) is 22.3 Å². The molecule has 1 heteroatoms. The highest BCUT2D eigenvalue weighted by atomic mass is 14.7. The lowest BCUT2D eigenvalue weighted by atomic mass is 9.96. The summed E-state index contributed by atoms with van der Waals surface area (Å²) in [5.41, 5.74) is 7.29. The van der Waals surface area contributed by atoms with Crippen LogP contribution < -0.4 is 0 Å². The molecule has 0 N–H and O–H groups in total. The molecule has 0 fully saturated rings. The molecule has 0 radical (unpaired) electrons. The lowest BCUT2D eigenvalue weighted by molar-refractivity contribution is 1.39. The molecule has 2 aromatic rings. The molecule has 1 aliphatic rings. The fraction of sp³-hybridized carbons (Fsp3) is 0.150. The van der Waals surface area contributed by atoms with Gasteiger partial charge >= 0.3 is 0 Å². The van der Waals surface area contributed by atoms with Crippen molar-refractivity contribution in [2.45, 2.75) is 20.3 Å². The maximum Gasteiger partial charge on any atom is 0.0633 e. The zero-order valence-corrected chi connectivity index (χ0v) is 12.5. The Kier molecular flexibility index (Phi) is 3.83. The SMILES string of the molecule is CC1=CCC(c2ccccc2/C(C)=N/c2ccccc2)=C1. The molecule has 0 aliphatic heterocycles. The van der Waals surface area contributed by atoms with Crippen LogP contribution in [0.3, 0.4) is 0 Å². The van der Waals surface area contributed by atoms with E-state index in [-0.39, 0.29) is 0 Å². The van der Waals surface area contributed by atoms with E-state index < -0.39 is 0 Å². The summed E-state index contributed by atoms with van der Waals surface area (Å²) in [6, 6.07) is 18.7. The van der Waals surface area contributed by atoms with Gasteiger partial charge in [0.1, 0.15) is 0 Å². The quantitative estimate of drug-likeness (QED) is 0.649. The van der Waals surface area contributed by atoms with Crippen molar-refractivity contribution >= 4 is 17.0 Å². The highest BCUT2D eigenvalue weighted by Gasteiger charge is 2.12. The van der Waals surface area contributed by atoms with Gasteiger partial charge in [0.2, 0.25) is 0 Å². The van der Waals surface area contributed by atoms with Crippen LogP contribution in [0.5, 0.6) is 0 Å². The van der Waals surface area contributed by atoms with Crippen LogP contribution >= 0.6 is 0 Å². The maximum atomic E-state index is 4.75. The van der Waals surface area contributed by atoms with Crippen LogP contribution in [0.15, 0.2) is 77.3 Å². The van der Waals surface area contributed by atoms with Crippen molar-refractivity contribution in [2.75, 3.05) is 0 Å². The standard InChI is InChI=1S/C20H19N/c1-15-12-13-17(14-15)20-11-7-6-10-19(20)16(2)21-18-8-4-3-5-9-18/h3-12,14H,13H2,1-2H3/b21-16+. The minimum absolute atomic E-state index is 1.000. The van der Waals surface area contributed by atoms with Crippen LogP contribution in [-0.4, -0.2) is 5.71 Å². The lowest BCUT2D eigenvalue weighted by Gasteiger charge is -2.10. The summed E-state index contributed by atoms with van der Waals surface area (Å²) < 4.78 is 0. The average Bonchev–Trinajstić information content (AvgIpc) is 2.95. The van der Waals surface area contributed by atoms with Gasteiger partial charge in [-0.25, -0.2) is 0 Å². The highest BCUT2D eigenvalue weighted by Crippen LogP contribution is 2.30. The molecule has 1 nitrogen and oxygen atoms in total.